The van der Waals surface area contributed by atoms with Crippen LogP contribution >= 0.6 is 0 Å². The number of aromatic nitrogens is 2. The largest absolute Gasteiger partial charge is 0.364 e. The fraction of sp³-hybridized carbons (Fsp3) is 0.391. The van der Waals surface area contributed by atoms with E-state index in [1.807, 2.05) is 24.3 Å². The molecule has 1 N–H and O–H groups in total. The van der Waals surface area contributed by atoms with Crippen molar-refractivity contribution >= 4 is 22.7 Å². The topological polar surface area (TPSA) is 41.1 Å². The Morgan fingerprint density at radius 1 is 0.933 bits per heavy atom. The van der Waals surface area contributed by atoms with E-state index in [1.54, 1.807) is 0 Å². The van der Waals surface area contributed by atoms with Crippen LogP contribution in [-0.4, -0.2) is 29.1 Å². The second kappa shape index (κ2) is 7.78. The van der Waals surface area contributed by atoms with Gasteiger partial charge < -0.3 is 10.2 Å². The summed E-state index contributed by atoms with van der Waals surface area (Å²) < 4.78 is 42.1. The van der Waals surface area contributed by atoms with E-state index >= 15 is 0 Å². The van der Waals surface area contributed by atoms with E-state index < -0.39 is 17.8 Å². The smallest absolute Gasteiger partial charge is 0.172 e. The van der Waals surface area contributed by atoms with Crippen molar-refractivity contribution in [3.05, 3.63) is 59.7 Å². The number of hydrogen-bond donors (Lipinski definition) is 1. The first-order valence-electron chi connectivity index (χ1n) is 10.5. The molecule has 4 nitrogen and oxygen atoms in total. The van der Waals surface area contributed by atoms with Gasteiger partial charge in [-0.3, -0.25) is 0 Å². The second-order valence-corrected chi connectivity index (χ2v) is 8.20. The molecule has 1 aliphatic carbocycles. The zero-order valence-electron chi connectivity index (χ0n) is 16.5. The number of para-hydroxylation sites is 2. The van der Waals surface area contributed by atoms with Gasteiger partial charge in [-0.25, -0.2) is 23.1 Å². The van der Waals surface area contributed by atoms with E-state index in [-0.39, 0.29) is 11.5 Å². The van der Waals surface area contributed by atoms with Crippen LogP contribution in [0.4, 0.5) is 24.8 Å². The molecule has 0 amide bonds. The minimum Gasteiger partial charge on any atom is -0.364 e. The van der Waals surface area contributed by atoms with Crippen molar-refractivity contribution in [3.63, 3.8) is 0 Å². The highest BCUT2D eigenvalue weighted by Gasteiger charge is 2.32. The molecular formula is C23H23F3N4. The van der Waals surface area contributed by atoms with Crippen molar-refractivity contribution in [2.24, 2.45) is 5.92 Å². The predicted molar refractivity (Wildman–Crippen MR) is 111 cm³/mol. The Bertz CT molecular complexity index is 1060. The van der Waals surface area contributed by atoms with Crippen molar-refractivity contribution in [1.29, 1.82) is 0 Å². The molecule has 1 aromatic heterocycles. The summed E-state index contributed by atoms with van der Waals surface area (Å²) in [4.78, 5) is 11.7. The Kier molecular flexibility index (Phi) is 4.97. The van der Waals surface area contributed by atoms with Crippen molar-refractivity contribution < 1.29 is 13.2 Å². The third-order valence-corrected chi connectivity index (χ3v) is 5.98. The van der Waals surface area contributed by atoms with Gasteiger partial charge in [-0.05, 0) is 49.8 Å². The molecule has 30 heavy (non-hydrogen) atoms. The number of alkyl halides is 1. The summed E-state index contributed by atoms with van der Waals surface area (Å²) in [5, 5.41) is 3.47. The molecule has 156 valence electrons. The molecule has 0 bridgehead atoms. The van der Waals surface area contributed by atoms with Crippen LogP contribution < -0.4 is 10.2 Å². The number of benzene rings is 2. The normalized spacial score (nSPS) is 18.6. The SMILES string of the molecule is Fc1ccc(C(F)C2CCN(c3nc4ccccc4nc3NC3CC3)CC2)c(F)c1. The molecule has 3 aromatic rings. The van der Waals surface area contributed by atoms with Crippen LogP contribution in [0, 0.1) is 17.6 Å². The first-order valence-corrected chi connectivity index (χ1v) is 10.5. The summed E-state index contributed by atoms with van der Waals surface area (Å²) >= 11 is 0. The van der Waals surface area contributed by atoms with Crippen molar-refractivity contribution in [3.8, 4) is 0 Å². The maximum atomic E-state index is 15.0. The van der Waals surface area contributed by atoms with Crippen LogP contribution in [0.15, 0.2) is 42.5 Å². The third kappa shape index (κ3) is 3.80. The first kappa shape index (κ1) is 19.2. The van der Waals surface area contributed by atoms with E-state index in [2.05, 4.69) is 10.2 Å². The highest BCUT2D eigenvalue weighted by atomic mass is 19.1. The van der Waals surface area contributed by atoms with Crippen LogP contribution in [0.3, 0.4) is 0 Å². The van der Waals surface area contributed by atoms with Gasteiger partial charge in [-0.15, -0.1) is 0 Å². The summed E-state index contributed by atoms with van der Waals surface area (Å²) in [6.45, 7) is 1.22. The summed E-state index contributed by atoms with van der Waals surface area (Å²) in [5.74, 6) is -0.252. The lowest BCUT2D eigenvalue weighted by Crippen LogP contribution is -2.36. The lowest BCUT2D eigenvalue weighted by molar-refractivity contribution is 0.193. The van der Waals surface area contributed by atoms with Gasteiger partial charge in [0.2, 0.25) is 0 Å². The summed E-state index contributed by atoms with van der Waals surface area (Å²) in [5.41, 5.74) is 1.61. The van der Waals surface area contributed by atoms with E-state index in [1.165, 1.54) is 6.07 Å². The van der Waals surface area contributed by atoms with E-state index in [4.69, 9.17) is 9.97 Å². The van der Waals surface area contributed by atoms with Gasteiger partial charge in [0, 0.05) is 30.8 Å². The minimum absolute atomic E-state index is 0.0589. The van der Waals surface area contributed by atoms with Gasteiger partial charge >= 0.3 is 0 Å². The monoisotopic (exact) mass is 412 g/mol. The van der Waals surface area contributed by atoms with Gasteiger partial charge in [-0.1, -0.05) is 18.2 Å². The number of anilines is 2. The van der Waals surface area contributed by atoms with Crippen molar-refractivity contribution in [2.75, 3.05) is 23.3 Å². The summed E-state index contributed by atoms with van der Waals surface area (Å²) in [6.07, 6.45) is 1.94. The molecule has 0 radical (unpaired) electrons. The molecule has 1 aliphatic heterocycles. The molecule has 2 aliphatic rings. The first-order chi connectivity index (χ1) is 14.6. The number of fused-ring (bicyclic) bond motifs is 1. The molecule has 1 unspecified atom stereocenters. The average molecular weight is 412 g/mol. The lowest BCUT2D eigenvalue weighted by Gasteiger charge is -2.35. The van der Waals surface area contributed by atoms with Gasteiger partial charge in [0.1, 0.15) is 17.8 Å². The molecule has 2 fully saturated rings. The van der Waals surface area contributed by atoms with Crippen LogP contribution in [0.5, 0.6) is 0 Å². The van der Waals surface area contributed by atoms with Crippen molar-refractivity contribution in [1.82, 2.24) is 9.97 Å². The van der Waals surface area contributed by atoms with Crippen LogP contribution in [-0.2, 0) is 0 Å². The highest BCUT2D eigenvalue weighted by Crippen LogP contribution is 2.38. The number of piperidine rings is 1. The molecule has 1 saturated heterocycles. The predicted octanol–water partition coefficient (Wildman–Crippen LogP) is 5.41. The van der Waals surface area contributed by atoms with E-state index in [0.717, 1.165) is 47.6 Å². The second-order valence-electron chi connectivity index (χ2n) is 8.20. The van der Waals surface area contributed by atoms with Crippen LogP contribution in [0.1, 0.15) is 37.4 Å². The molecule has 2 heterocycles. The lowest BCUT2D eigenvalue weighted by atomic mass is 9.88. The zero-order chi connectivity index (χ0) is 20.7. The molecule has 1 saturated carbocycles. The van der Waals surface area contributed by atoms with Gasteiger partial charge in [0.15, 0.2) is 11.6 Å². The molecule has 7 heteroatoms. The fourth-order valence-electron chi connectivity index (χ4n) is 4.11. The quantitative estimate of drug-likeness (QED) is 0.608. The summed E-state index contributed by atoms with van der Waals surface area (Å²) in [6, 6.07) is 11.3. The van der Waals surface area contributed by atoms with E-state index in [0.29, 0.717) is 32.0 Å². The third-order valence-electron chi connectivity index (χ3n) is 5.98. The maximum absolute atomic E-state index is 15.0. The number of halogens is 3. The van der Waals surface area contributed by atoms with Crippen LogP contribution in [0.25, 0.3) is 11.0 Å². The Hall–Kier alpha value is -2.83. The molecule has 5 rings (SSSR count). The van der Waals surface area contributed by atoms with Gasteiger partial charge in [0.05, 0.1) is 11.0 Å². The van der Waals surface area contributed by atoms with Crippen molar-refractivity contribution in [2.45, 2.75) is 37.9 Å². The number of nitrogens with zero attached hydrogens (tertiary/aromatic N) is 3. The average Bonchev–Trinajstić information content (AvgIpc) is 3.57. The Balaban J connectivity index is 1.35. The maximum Gasteiger partial charge on any atom is 0.172 e. The minimum atomic E-state index is -1.44. The Labute approximate surface area is 173 Å². The molecular weight excluding hydrogens is 389 g/mol. The van der Waals surface area contributed by atoms with E-state index in [9.17, 15) is 13.2 Å². The van der Waals surface area contributed by atoms with Crippen LogP contribution in [0.2, 0.25) is 0 Å². The number of rotatable bonds is 5. The molecule has 1 atom stereocenters. The molecule has 0 spiro atoms. The molecule has 2 aromatic carbocycles. The Morgan fingerprint density at radius 3 is 2.30 bits per heavy atom. The number of hydrogen-bond acceptors (Lipinski definition) is 4. The van der Waals surface area contributed by atoms with Gasteiger partial charge in [0.25, 0.3) is 0 Å². The summed E-state index contributed by atoms with van der Waals surface area (Å²) in [7, 11) is 0. The van der Waals surface area contributed by atoms with Gasteiger partial charge in [-0.2, -0.15) is 0 Å². The fourth-order valence-corrected chi connectivity index (χ4v) is 4.11. The number of nitrogens with one attached hydrogen (secondary N) is 1. The highest BCUT2D eigenvalue weighted by molar-refractivity contribution is 5.80. The Morgan fingerprint density at radius 2 is 1.63 bits per heavy atom. The zero-order valence-corrected chi connectivity index (χ0v) is 16.5. The standard InChI is InChI=1S/C23H23F3N4/c24-15-5-8-17(18(25)13-15)21(26)14-9-11-30(12-10-14)23-22(27-16-6-7-16)28-19-3-1-2-4-20(19)29-23/h1-5,8,13-14,16,21H,6-7,9-12H2,(H,27,28).